The normalized spacial score (nSPS) is 87.0. The first kappa shape index (κ1) is 12.5. The van der Waals surface area contributed by atoms with Crippen LogP contribution >= 0.6 is 0 Å². The molecule has 11 aliphatic rings. The van der Waals surface area contributed by atoms with E-state index < -0.39 is 0 Å². The standard InChI is InChI=1S/C25H32/c1-21-12-4-2-3-5-16(21)18-19-17-14-11-22-7-6-15(14)23(8-12,20(17)22)13-9-24(18,21)25(19,22)10-13/h12-20H,2-11H2,1H3. The third-order valence-electron chi connectivity index (χ3n) is 15.2. The molecule has 0 aliphatic heterocycles. The number of hydrogen-bond donors (Lipinski definition) is 0. The lowest BCUT2D eigenvalue weighted by Crippen LogP contribution is -2.86. The summed E-state index contributed by atoms with van der Waals surface area (Å²) in [6.07, 6.45) is 16.9. The average molecular weight is 333 g/mol. The summed E-state index contributed by atoms with van der Waals surface area (Å²) in [5, 5.41) is 0. The zero-order chi connectivity index (χ0) is 15.8. The quantitative estimate of drug-likeness (QED) is 0.548. The Kier molecular flexibility index (Phi) is 1.41. The first-order valence-electron chi connectivity index (χ1n) is 12.2. The molecule has 132 valence electrons. The fourth-order valence-corrected chi connectivity index (χ4v) is 16.3. The smallest absolute Gasteiger partial charge is 0.0136 e. The molecule has 0 heteroatoms. The highest BCUT2D eigenvalue weighted by atomic mass is 15.1. The lowest BCUT2D eigenvalue weighted by molar-refractivity contribution is -0.436. The molecule has 0 nitrogen and oxygen atoms in total. The Balaban J connectivity index is 1.41. The van der Waals surface area contributed by atoms with Crippen molar-refractivity contribution in [2.24, 2.45) is 80.3 Å². The van der Waals surface area contributed by atoms with Gasteiger partial charge in [0.15, 0.2) is 0 Å². The van der Waals surface area contributed by atoms with E-state index in [9.17, 15) is 0 Å². The van der Waals surface area contributed by atoms with E-state index >= 15 is 0 Å². The Bertz CT molecular complexity index is 813. The predicted molar refractivity (Wildman–Crippen MR) is 95.4 cm³/mol. The van der Waals surface area contributed by atoms with Crippen LogP contribution in [0.1, 0.15) is 71.1 Å². The Morgan fingerprint density at radius 3 is 2.60 bits per heavy atom. The first-order valence-corrected chi connectivity index (χ1v) is 12.2. The molecule has 0 aromatic carbocycles. The summed E-state index contributed by atoms with van der Waals surface area (Å²) in [5.74, 6) is 11.0. The molecule has 25 heavy (non-hydrogen) atoms. The lowest BCUT2D eigenvalue weighted by Gasteiger charge is -2.90. The van der Waals surface area contributed by atoms with Crippen molar-refractivity contribution in [1.82, 2.24) is 0 Å². The minimum Gasteiger partial charge on any atom is -0.0585 e. The maximum Gasteiger partial charge on any atom is -0.0136 e. The van der Waals surface area contributed by atoms with Crippen LogP contribution in [0.3, 0.4) is 0 Å². The van der Waals surface area contributed by atoms with Crippen LogP contribution in [0.15, 0.2) is 0 Å². The van der Waals surface area contributed by atoms with Crippen LogP contribution in [-0.2, 0) is 0 Å². The monoisotopic (exact) mass is 332 g/mol. The van der Waals surface area contributed by atoms with Gasteiger partial charge < -0.3 is 0 Å². The maximum atomic E-state index is 2.91. The summed E-state index contributed by atoms with van der Waals surface area (Å²) in [5.41, 5.74) is 4.43. The molecule has 9 bridgehead atoms. The van der Waals surface area contributed by atoms with Gasteiger partial charge >= 0.3 is 0 Å². The zero-order valence-electron chi connectivity index (χ0n) is 15.8. The molecule has 14 atom stereocenters. The Morgan fingerprint density at radius 2 is 1.64 bits per heavy atom. The average Bonchev–Trinajstić information content (AvgIpc) is 3.17. The summed E-state index contributed by atoms with van der Waals surface area (Å²) in [6, 6.07) is 0. The molecule has 0 N–H and O–H groups in total. The minimum atomic E-state index is 0.804. The highest BCUT2D eigenvalue weighted by Crippen LogP contribution is 3.10. The fourth-order valence-electron chi connectivity index (χ4n) is 16.3. The highest BCUT2D eigenvalue weighted by Gasteiger charge is 3.05. The van der Waals surface area contributed by atoms with Crippen molar-refractivity contribution in [3.63, 3.8) is 0 Å². The van der Waals surface area contributed by atoms with Crippen molar-refractivity contribution in [1.29, 1.82) is 0 Å². The van der Waals surface area contributed by atoms with Gasteiger partial charge in [0.2, 0.25) is 0 Å². The molecule has 0 aromatic rings. The van der Waals surface area contributed by atoms with Crippen molar-refractivity contribution in [2.45, 2.75) is 71.1 Å². The van der Waals surface area contributed by atoms with Crippen molar-refractivity contribution < 1.29 is 0 Å². The topological polar surface area (TPSA) is 0 Å². The third kappa shape index (κ3) is 0.667. The molecule has 11 aliphatic carbocycles. The summed E-state index contributed by atoms with van der Waals surface area (Å²) in [7, 11) is 0. The van der Waals surface area contributed by atoms with Crippen LogP contribution < -0.4 is 0 Å². The van der Waals surface area contributed by atoms with Gasteiger partial charge in [0.1, 0.15) is 0 Å². The molecule has 11 saturated carbocycles. The van der Waals surface area contributed by atoms with Crippen LogP contribution in [0.2, 0.25) is 0 Å². The number of fused-ring (bicyclic) bond motifs is 3. The molecule has 0 radical (unpaired) electrons. The van der Waals surface area contributed by atoms with Gasteiger partial charge in [0.25, 0.3) is 0 Å². The van der Waals surface area contributed by atoms with Crippen LogP contribution in [-0.4, -0.2) is 0 Å². The minimum absolute atomic E-state index is 0.804. The molecule has 0 heterocycles. The SMILES string of the molecule is CC12C3CCCCC1C1C4C5C6CC78CCC6C(C3)(C3CC47C12C3)C58. The molecule has 11 rings (SSSR count). The van der Waals surface area contributed by atoms with Gasteiger partial charge in [-0.05, 0) is 132 Å². The molecular formula is C25H32. The van der Waals surface area contributed by atoms with Gasteiger partial charge in [-0.2, -0.15) is 0 Å². The van der Waals surface area contributed by atoms with Crippen molar-refractivity contribution in [3.8, 4) is 0 Å². The van der Waals surface area contributed by atoms with E-state index in [1.165, 1.54) is 47.3 Å². The molecule has 0 aromatic heterocycles. The van der Waals surface area contributed by atoms with Gasteiger partial charge in [-0.3, -0.25) is 0 Å². The second kappa shape index (κ2) is 2.83. The van der Waals surface area contributed by atoms with E-state index in [0.29, 0.717) is 0 Å². The van der Waals surface area contributed by atoms with E-state index in [-0.39, 0.29) is 0 Å². The predicted octanol–water partition coefficient (Wildman–Crippen LogP) is 5.52. The van der Waals surface area contributed by atoms with Crippen molar-refractivity contribution in [2.75, 3.05) is 0 Å². The van der Waals surface area contributed by atoms with E-state index in [2.05, 4.69) is 6.92 Å². The second-order valence-electron chi connectivity index (χ2n) is 13.5. The Morgan fingerprint density at radius 1 is 0.760 bits per heavy atom. The fraction of sp³-hybridized carbons (Fsp3) is 1.00. The van der Waals surface area contributed by atoms with E-state index in [0.717, 1.165) is 33.0 Å². The first-order chi connectivity index (χ1) is 12.2. The summed E-state index contributed by atoms with van der Waals surface area (Å²) in [4.78, 5) is 0. The maximum absolute atomic E-state index is 2.91. The van der Waals surface area contributed by atoms with Gasteiger partial charge in [-0.15, -0.1) is 0 Å². The van der Waals surface area contributed by atoms with E-state index in [1.54, 1.807) is 64.2 Å². The number of rotatable bonds is 0. The van der Waals surface area contributed by atoms with Crippen molar-refractivity contribution >= 4 is 0 Å². The zero-order valence-corrected chi connectivity index (χ0v) is 15.8. The molecule has 0 amide bonds. The van der Waals surface area contributed by atoms with E-state index in [4.69, 9.17) is 0 Å². The molecular weight excluding hydrogens is 300 g/mol. The van der Waals surface area contributed by atoms with Gasteiger partial charge in [-0.1, -0.05) is 19.8 Å². The van der Waals surface area contributed by atoms with E-state index in [1.807, 2.05) is 0 Å². The van der Waals surface area contributed by atoms with Gasteiger partial charge in [0.05, 0.1) is 0 Å². The summed E-state index contributed by atoms with van der Waals surface area (Å²) in [6.45, 7) is 2.91. The van der Waals surface area contributed by atoms with Crippen molar-refractivity contribution in [3.05, 3.63) is 0 Å². The molecule has 14 unspecified atom stereocenters. The summed E-state index contributed by atoms with van der Waals surface area (Å²) >= 11 is 0. The Labute approximate surface area is 151 Å². The molecule has 0 saturated heterocycles. The highest BCUT2D eigenvalue weighted by molar-refractivity contribution is 5.52. The van der Waals surface area contributed by atoms with Crippen LogP contribution in [0, 0.1) is 80.3 Å². The molecule has 11 fully saturated rings. The third-order valence-corrected chi connectivity index (χ3v) is 15.2. The Hall–Kier alpha value is 0. The van der Waals surface area contributed by atoms with Crippen LogP contribution in [0.4, 0.5) is 0 Å². The lowest BCUT2D eigenvalue weighted by atomic mass is 9.13. The second-order valence-corrected chi connectivity index (χ2v) is 13.5. The number of hydrogen-bond acceptors (Lipinski definition) is 0. The van der Waals surface area contributed by atoms with Gasteiger partial charge in [0, 0.05) is 0 Å². The largest absolute Gasteiger partial charge is 0.0585 e. The van der Waals surface area contributed by atoms with Crippen LogP contribution in [0.25, 0.3) is 0 Å². The molecule has 4 spiro atoms. The van der Waals surface area contributed by atoms with Gasteiger partial charge in [-0.25, -0.2) is 0 Å². The van der Waals surface area contributed by atoms with Crippen LogP contribution in [0.5, 0.6) is 0 Å². The summed E-state index contributed by atoms with van der Waals surface area (Å²) < 4.78 is 0.